The number of sulfonamides is 1. The molecule has 1 aromatic rings. The monoisotopic (exact) mass is 368 g/mol. The number of hydrogen-bond acceptors (Lipinski definition) is 4. The van der Waals surface area contributed by atoms with Crippen LogP contribution >= 0.6 is 0 Å². The van der Waals surface area contributed by atoms with Gasteiger partial charge < -0.3 is 15.4 Å². The molecule has 0 radical (unpaired) electrons. The number of aliphatic imine (C=N–C) groups is 1. The van der Waals surface area contributed by atoms with E-state index < -0.39 is 10.0 Å². The zero-order valence-corrected chi connectivity index (χ0v) is 16.0. The zero-order valence-electron chi connectivity index (χ0n) is 15.2. The first-order chi connectivity index (χ1) is 11.9. The number of hydrogen-bond donors (Lipinski definition) is 2. The molecule has 0 aliphatic carbocycles. The minimum atomic E-state index is -3.34. The lowest BCUT2D eigenvalue weighted by Crippen LogP contribution is -2.42. The molecular formula is C17H28N4O3S. The average molecular weight is 369 g/mol. The fourth-order valence-electron chi connectivity index (χ4n) is 2.63. The molecule has 0 bridgehead atoms. The second kappa shape index (κ2) is 9.17. The van der Waals surface area contributed by atoms with E-state index in [2.05, 4.69) is 15.6 Å². The average Bonchev–Trinajstić information content (AvgIpc) is 2.60. The summed E-state index contributed by atoms with van der Waals surface area (Å²) < 4.78 is 32.1. The van der Waals surface area contributed by atoms with Crippen LogP contribution in [-0.4, -0.2) is 58.1 Å². The maximum absolute atomic E-state index is 12.7. The van der Waals surface area contributed by atoms with E-state index in [-0.39, 0.29) is 11.8 Å². The third-order valence-electron chi connectivity index (χ3n) is 3.92. The Morgan fingerprint density at radius 3 is 2.48 bits per heavy atom. The molecule has 0 amide bonds. The van der Waals surface area contributed by atoms with Crippen LogP contribution in [0.5, 0.6) is 0 Å². The smallest absolute Gasteiger partial charge is 0.218 e. The minimum Gasteiger partial charge on any atom is -0.379 e. The highest BCUT2D eigenvalue weighted by Gasteiger charge is 2.25. The van der Waals surface area contributed by atoms with Gasteiger partial charge in [-0.25, -0.2) is 8.42 Å². The van der Waals surface area contributed by atoms with E-state index in [1.165, 1.54) is 4.31 Å². The first kappa shape index (κ1) is 19.7. The van der Waals surface area contributed by atoms with Gasteiger partial charge in [0.2, 0.25) is 10.0 Å². The van der Waals surface area contributed by atoms with Gasteiger partial charge in [-0.3, -0.25) is 4.99 Å². The number of benzene rings is 1. The molecule has 1 fully saturated rings. The molecule has 0 unspecified atom stereocenters. The van der Waals surface area contributed by atoms with Gasteiger partial charge in [0.25, 0.3) is 0 Å². The summed E-state index contributed by atoms with van der Waals surface area (Å²) in [4.78, 5) is 4.18. The standard InChI is InChI=1S/C17H28N4O3S/c1-14(2)20-17(18-3)19-12-15-6-4-5-7-16(15)13-25(22,23)21-8-10-24-11-9-21/h4-7,14H,8-13H2,1-3H3,(H2,18,19,20). The lowest BCUT2D eigenvalue weighted by atomic mass is 10.1. The maximum Gasteiger partial charge on any atom is 0.218 e. The number of rotatable bonds is 6. The van der Waals surface area contributed by atoms with Crippen LogP contribution < -0.4 is 10.6 Å². The Bertz CT molecular complexity index is 683. The Hall–Kier alpha value is -1.64. The van der Waals surface area contributed by atoms with E-state index in [1.807, 2.05) is 38.1 Å². The van der Waals surface area contributed by atoms with Crippen LogP contribution in [-0.2, 0) is 27.1 Å². The van der Waals surface area contributed by atoms with Crippen LogP contribution in [0.2, 0.25) is 0 Å². The first-order valence-electron chi connectivity index (χ1n) is 8.52. The second-order valence-electron chi connectivity index (χ2n) is 6.26. The van der Waals surface area contributed by atoms with Gasteiger partial charge in [0.15, 0.2) is 5.96 Å². The highest BCUT2D eigenvalue weighted by Crippen LogP contribution is 2.16. The third kappa shape index (κ3) is 5.98. The molecule has 140 valence electrons. The Kier molecular flexibility index (Phi) is 7.22. The van der Waals surface area contributed by atoms with E-state index >= 15 is 0 Å². The van der Waals surface area contributed by atoms with Crippen molar-refractivity contribution >= 4 is 16.0 Å². The van der Waals surface area contributed by atoms with Crippen molar-refractivity contribution in [3.8, 4) is 0 Å². The van der Waals surface area contributed by atoms with Gasteiger partial charge in [0.1, 0.15) is 0 Å². The highest BCUT2D eigenvalue weighted by molar-refractivity contribution is 7.88. The van der Waals surface area contributed by atoms with E-state index in [1.54, 1.807) is 7.05 Å². The molecule has 2 N–H and O–H groups in total. The topological polar surface area (TPSA) is 83.0 Å². The number of nitrogens with one attached hydrogen (secondary N) is 2. The number of nitrogens with zero attached hydrogens (tertiary/aromatic N) is 2. The van der Waals surface area contributed by atoms with E-state index in [4.69, 9.17) is 4.74 Å². The molecule has 0 spiro atoms. The summed E-state index contributed by atoms with van der Waals surface area (Å²) in [6, 6.07) is 7.87. The predicted octanol–water partition coefficient (Wildman–Crippen LogP) is 0.922. The Balaban J connectivity index is 2.07. The van der Waals surface area contributed by atoms with Crippen LogP contribution in [0.1, 0.15) is 25.0 Å². The SMILES string of the molecule is CN=C(NCc1ccccc1CS(=O)(=O)N1CCOCC1)NC(C)C. The van der Waals surface area contributed by atoms with Crippen molar-refractivity contribution in [3.63, 3.8) is 0 Å². The van der Waals surface area contributed by atoms with Gasteiger partial charge in [-0.1, -0.05) is 24.3 Å². The molecule has 1 saturated heterocycles. The van der Waals surface area contributed by atoms with Crippen molar-refractivity contribution < 1.29 is 13.2 Å². The fourth-order valence-corrected chi connectivity index (χ4v) is 4.19. The van der Waals surface area contributed by atoms with E-state index in [0.29, 0.717) is 38.8 Å². The molecule has 1 aromatic carbocycles. The molecular weight excluding hydrogens is 340 g/mol. The normalized spacial score (nSPS) is 16.9. The molecule has 0 aromatic heterocycles. The maximum atomic E-state index is 12.7. The summed E-state index contributed by atoms with van der Waals surface area (Å²) in [6.45, 7) is 6.35. The molecule has 1 heterocycles. The van der Waals surface area contributed by atoms with Crippen LogP contribution in [0, 0.1) is 0 Å². The van der Waals surface area contributed by atoms with Gasteiger partial charge in [-0.05, 0) is 25.0 Å². The molecule has 1 aliphatic rings. The zero-order chi connectivity index (χ0) is 18.3. The summed E-state index contributed by atoms with van der Waals surface area (Å²) in [6.07, 6.45) is 0. The summed E-state index contributed by atoms with van der Waals surface area (Å²) in [7, 11) is -1.63. The van der Waals surface area contributed by atoms with Crippen molar-refractivity contribution in [1.29, 1.82) is 0 Å². The quantitative estimate of drug-likeness (QED) is 0.576. The molecule has 25 heavy (non-hydrogen) atoms. The summed E-state index contributed by atoms with van der Waals surface area (Å²) in [5.74, 6) is 0.696. The summed E-state index contributed by atoms with van der Waals surface area (Å²) in [5.41, 5.74) is 1.76. The Morgan fingerprint density at radius 1 is 1.24 bits per heavy atom. The van der Waals surface area contributed by atoms with E-state index in [9.17, 15) is 8.42 Å². The minimum absolute atomic E-state index is 0.00106. The van der Waals surface area contributed by atoms with Crippen LogP contribution in [0.15, 0.2) is 29.3 Å². The fraction of sp³-hybridized carbons (Fsp3) is 0.588. The lowest BCUT2D eigenvalue weighted by Gasteiger charge is -2.26. The van der Waals surface area contributed by atoms with Crippen LogP contribution in [0.4, 0.5) is 0 Å². The second-order valence-corrected chi connectivity index (χ2v) is 8.23. The lowest BCUT2D eigenvalue weighted by molar-refractivity contribution is 0.0729. The molecule has 1 aliphatic heterocycles. The van der Waals surface area contributed by atoms with Crippen molar-refractivity contribution in [2.45, 2.75) is 32.2 Å². The van der Waals surface area contributed by atoms with Crippen molar-refractivity contribution in [3.05, 3.63) is 35.4 Å². The van der Waals surface area contributed by atoms with Crippen molar-refractivity contribution in [1.82, 2.24) is 14.9 Å². The molecule has 2 rings (SSSR count). The van der Waals surface area contributed by atoms with Crippen molar-refractivity contribution in [2.24, 2.45) is 4.99 Å². The third-order valence-corrected chi connectivity index (χ3v) is 5.74. The molecule has 0 atom stereocenters. The molecule has 7 nitrogen and oxygen atoms in total. The number of morpholine rings is 1. The van der Waals surface area contributed by atoms with Gasteiger partial charge in [-0.15, -0.1) is 0 Å². The molecule has 0 saturated carbocycles. The van der Waals surface area contributed by atoms with Gasteiger partial charge in [0.05, 0.1) is 19.0 Å². The summed E-state index contributed by atoms with van der Waals surface area (Å²) in [5, 5.41) is 6.45. The molecule has 8 heteroatoms. The van der Waals surface area contributed by atoms with Crippen LogP contribution in [0.3, 0.4) is 0 Å². The Labute approximate surface area is 150 Å². The van der Waals surface area contributed by atoms with Gasteiger partial charge in [-0.2, -0.15) is 4.31 Å². The van der Waals surface area contributed by atoms with Crippen molar-refractivity contribution in [2.75, 3.05) is 33.4 Å². The first-order valence-corrected chi connectivity index (χ1v) is 10.1. The summed E-state index contributed by atoms with van der Waals surface area (Å²) >= 11 is 0. The number of guanidine groups is 1. The van der Waals surface area contributed by atoms with Gasteiger partial charge >= 0.3 is 0 Å². The van der Waals surface area contributed by atoms with Crippen LogP contribution in [0.25, 0.3) is 0 Å². The van der Waals surface area contributed by atoms with Gasteiger partial charge in [0, 0.05) is 32.7 Å². The largest absolute Gasteiger partial charge is 0.379 e. The Morgan fingerprint density at radius 2 is 1.88 bits per heavy atom. The predicted molar refractivity (Wildman–Crippen MR) is 99.9 cm³/mol. The van der Waals surface area contributed by atoms with E-state index in [0.717, 1.165) is 11.1 Å². The number of ether oxygens (including phenoxy) is 1. The highest BCUT2D eigenvalue weighted by atomic mass is 32.2.